The Labute approximate surface area is 629 Å². The van der Waals surface area contributed by atoms with Crippen molar-refractivity contribution in [3.8, 4) is 0 Å². The van der Waals surface area contributed by atoms with Gasteiger partial charge in [-0.3, -0.25) is 37.3 Å². The van der Waals surface area contributed by atoms with E-state index in [2.05, 4.69) is 180 Å². The molecule has 0 saturated carbocycles. The molecule has 5 unspecified atom stereocenters. The Hall–Kier alpha value is -5.58. The van der Waals surface area contributed by atoms with Crippen molar-refractivity contribution in [3.63, 3.8) is 0 Å². The number of hydrogen-bond acceptors (Lipinski definition) is 15. The van der Waals surface area contributed by atoms with Crippen molar-refractivity contribution in [2.45, 2.75) is 303 Å². The molecule has 0 heterocycles. The van der Waals surface area contributed by atoms with Gasteiger partial charge < -0.3 is 33.8 Å². The molecular formula is C85H138O17P2. The maximum absolute atomic E-state index is 13.1. The van der Waals surface area contributed by atoms with E-state index in [1.807, 2.05) is 18.2 Å². The number of unbranched alkanes of at least 4 members (excludes halogenated alkanes) is 18. The zero-order valence-corrected chi connectivity index (χ0v) is 66.2. The largest absolute Gasteiger partial charge is 0.472 e. The minimum Gasteiger partial charge on any atom is -0.462 e. The standard InChI is InChI=1S/C85H138O17P2/c1-5-9-13-17-21-25-29-32-35-37-39-41-44-46-50-53-57-61-65-69-82(87)95-75-80(101-84(89)71-67-63-59-55-49-28-24-20-16-12-8-4)77-99-103(91,92)97-73-79(86)74-98-104(93,94)100-78-81(102-85(90)72-68-64-60-56-52-48-43-34-31-27-23-19-15-11-7-3)76-96-83(88)70-66-62-58-54-51-47-45-42-40-38-36-33-30-26-22-18-14-10-6-2/h9-11,13-15,21-23,25-27,32-36,39-43,46,50,52,56-57,61,79-81,86H,5-8,12,16-20,24,28-31,37-38,44-45,47-49,51,53-55,58-60,62-78H2,1-4H3,(H,91,92)(H,93,94)/b13-9-,14-10-,15-11-,25-21-,26-22-,27-23-,35-32-,36-33-,41-39-,42-40-,43-34-,50-46-,56-52-,61-57-. The average Bonchev–Trinajstić information content (AvgIpc) is 0.931. The van der Waals surface area contributed by atoms with Crippen LogP contribution in [-0.2, 0) is 65.4 Å². The van der Waals surface area contributed by atoms with E-state index in [0.29, 0.717) is 38.5 Å². The number of phosphoric acid groups is 2. The number of aliphatic hydroxyl groups is 1. The highest BCUT2D eigenvalue weighted by atomic mass is 31.2. The summed E-state index contributed by atoms with van der Waals surface area (Å²) >= 11 is 0. The van der Waals surface area contributed by atoms with Crippen molar-refractivity contribution in [1.82, 2.24) is 0 Å². The number of allylic oxidation sites excluding steroid dienone is 28. The predicted molar refractivity (Wildman–Crippen MR) is 426 cm³/mol. The maximum atomic E-state index is 13.1. The summed E-state index contributed by atoms with van der Waals surface area (Å²) < 4.78 is 68.4. The number of rotatable bonds is 72. The normalized spacial score (nSPS) is 14.8. The molecule has 0 amide bonds. The lowest BCUT2D eigenvalue weighted by Crippen LogP contribution is -2.30. The molecular weight excluding hydrogens is 1350 g/mol. The van der Waals surface area contributed by atoms with Gasteiger partial charge in [-0.25, -0.2) is 9.13 Å². The quantitative estimate of drug-likeness (QED) is 0.0169. The van der Waals surface area contributed by atoms with E-state index in [0.717, 1.165) is 154 Å². The zero-order valence-electron chi connectivity index (χ0n) is 64.4. The van der Waals surface area contributed by atoms with Crippen LogP contribution < -0.4 is 0 Å². The third-order valence-corrected chi connectivity index (χ3v) is 17.6. The van der Waals surface area contributed by atoms with Crippen LogP contribution in [0.1, 0.15) is 285 Å². The van der Waals surface area contributed by atoms with E-state index < -0.39 is 97.5 Å². The minimum atomic E-state index is -5.00. The molecule has 0 aromatic carbocycles. The Morgan fingerprint density at radius 2 is 0.519 bits per heavy atom. The Balaban J connectivity index is 5.43. The van der Waals surface area contributed by atoms with E-state index in [1.54, 1.807) is 0 Å². The first-order valence-corrected chi connectivity index (χ1v) is 42.4. The molecule has 19 heteroatoms. The van der Waals surface area contributed by atoms with Gasteiger partial charge in [0.1, 0.15) is 19.3 Å². The first-order chi connectivity index (χ1) is 50.7. The first-order valence-electron chi connectivity index (χ1n) is 39.4. The molecule has 590 valence electrons. The number of aliphatic hydroxyl groups excluding tert-OH is 1. The average molecular weight is 1490 g/mol. The maximum Gasteiger partial charge on any atom is 0.472 e. The second-order valence-electron chi connectivity index (χ2n) is 25.5. The Bertz CT molecular complexity index is 2640. The summed E-state index contributed by atoms with van der Waals surface area (Å²) in [6.45, 7) is 4.36. The number of hydrogen-bond donors (Lipinski definition) is 3. The number of carbonyl (C=O) groups is 4. The van der Waals surface area contributed by atoms with Gasteiger partial charge in [0.2, 0.25) is 0 Å². The highest BCUT2D eigenvalue weighted by Crippen LogP contribution is 2.45. The Morgan fingerprint density at radius 3 is 0.846 bits per heavy atom. The molecule has 0 spiro atoms. The fourth-order valence-corrected chi connectivity index (χ4v) is 11.4. The summed E-state index contributed by atoms with van der Waals surface area (Å²) in [6, 6.07) is 0. The molecule has 0 bridgehead atoms. The summed E-state index contributed by atoms with van der Waals surface area (Å²) in [5.74, 6) is -2.35. The molecule has 0 aliphatic carbocycles. The molecule has 0 aliphatic heterocycles. The molecule has 17 nitrogen and oxygen atoms in total. The molecule has 0 saturated heterocycles. The fourth-order valence-electron chi connectivity index (χ4n) is 9.82. The summed E-state index contributed by atoms with van der Waals surface area (Å²) in [5, 5.41) is 10.6. The lowest BCUT2D eigenvalue weighted by atomic mass is 10.1. The van der Waals surface area contributed by atoms with Crippen LogP contribution >= 0.6 is 15.6 Å². The lowest BCUT2D eigenvalue weighted by Gasteiger charge is -2.21. The van der Waals surface area contributed by atoms with Gasteiger partial charge in [0, 0.05) is 25.7 Å². The van der Waals surface area contributed by atoms with Crippen LogP contribution in [0, 0.1) is 0 Å². The lowest BCUT2D eigenvalue weighted by molar-refractivity contribution is -0.161. The van der Waals surface area contributed by atoms with Crippen LogP contribution in [0.2, 0.25) is 0 Å². The Kier molecular flexibility index (Phi) is 71.6. The fraction of sp³-hybridized carbons (Fsp3) is 0.624. The Morgan fingerprint density at radius 1 is 0.279 bits per heavy atom. The van der Waals surface area contributed by atoms with Gasteiger partial charge in [0.25, 0.3) is 0 Å². The number of carbonyl (C=O) groups excluding carboxylic acids is 4. The van der Waals surface area contributed by atoms with Gasteiger partial charge in [-0.2, -0.15) is 0 Å². The molecule has 0 aromatic rings. The molecule has 104 heavy (non-hydrogen) atoms. The predicted octanol–water partition coefficient (Wildman–Crippen LogP) is 23.0. The van der Waals surface area contributed by atoms with Crippen LogP contribution in [0.15, 0.2) is 170 Å². The van der Waals surface area contributed by atoms with Crippen LogP contribution in [-0.4, -0.2) is 96.7 Å². The molecule has 3 N–H and O–H groups in total. The van der Waals surface area contributed by atoms with E-state index in [-0.39, 0.29) is 25.7 Å². The van der Waals surface area contributed by atoms with E-state index in [4.69, 9.17) is 37.0 Å². The first kappa shape index (κ1) is 98.4. The SMILES string of the molecule is CC/C=C\C/C=C\C/C=C\C/C=C\C/C=C\C/C=C\CCC(=O)OCC(COP(=O)(O)OCC(O)COP(=O)(O)OCC(COC(=O)CCCCCCCC/C=C\C/C=C\C/C=C\C/C=C\CC)OC(=O)CCCC/C=C\C/C=C\C/C=C\C/C=C\CC)OC(=O)CCCCCCCCCCCCC. The molecule has 0 fully saturated rings. The topological polar surface area (TPSA) is 237 Å². The summed E-state index contributed by atoms with van der Waals surface area (Å²) in [5.41, 5.74) is 0. The van der Waals surface area contributed by atoms with Crippen LogP contribution in [0.25, 0.3) is 0 Å². The van der Waals surface area contributed by atoms with Gasteiger partial charge >= 0.3 is 39.5 Å². The van der Waals surface area contributed by atoms with Gasteiger partial charge in [-0.15, -0.1) is 0 Å². The van der Waals surface area contributed by atoms with Crippen LogP contribution in [0.3, 0.4) is 0 Å². The molecule has 0 radical (unpaired) electrons. The van der Waals surface area contributed by atoms with Crippen molar-refractivity contribution < 1.29 is 80.2 Å². The van der Waals surface area contributed by atoms with E-state index >= 15 is 0 Å². The van der Waals surface area contributed by atoms with Crippen LogP contribution in [0.4, 0.5) is 0 Å². The van der Waals surface area contributed by atoms with E-state index in [1.165, 1.54) is 38.5 Å². The monoisotopic (exact) mass is 1490 g/mol. The zero-order chi connectivity index (χ0) is 76.0. The smallest absolute Gasteiger partial charge is 0.462 e. The third kappa shape index (κ3) is 74.7. The van der Waals surface area contributed by atoms with Gasteiger partial charge in [0.05, 0.1) is 26.4 Å². The van der Waals surface area contributed by atoms with Gasteiger partial charge in [-0.05, 0) is 141 Å². The summed E-state index contributed by atoms with van der Waals surface area (Å²) in [4.78, 5) is 72.9. The highest BCUT2D eigenvalue weighted by Gasteiger charge is 2.30. The second kappa shape index (κ2) is 75.6. The number of phosphoric ester groups is 2. The van der Waals surface area contributed by atoms with Gasteiger partial charge in [-0.1, -0.05) is 288 Å². The molecule has 5 atom stereocenters. The number of esters is 4. The summed E-state index contributed by atoms with van der Waals surface area (Å²) in [7, 11) is -10.0. The molecule has 0 rings (SSSR count). The van der Waals surface area contributed by atoms with Crippen LogP contribution in [0.5, 0.6) is 0 Å². The summed E-state index contributed by atoms with van der Waals surface area (Å²) in [6.07, 6.45) is 89.3. The van der Waals surface area contributed by atoms with E-state index in [9.17, 15) is 43.2 Å². The highest BCUT2D eigenvalue weighted by molar-refractivity contribution is 7.47. The van der Waals surface area contributed by atoms with Gasteiger partial charge in [0.15, 0.2) is 12.2 Å². The second-order valence-corrected chi connectivity index (χ2v) is 28.4. The van der Waals surface area contributed by atoms with Crippen molar-refractivity contribution in [2.24, 2.45) is 0 Å². The van der Waals surface area contributed by atoms with Crippen molar-refractivity contribution in [1.29, 1.82) is 0 Å². The number of ether oxygens (including phenoxy) is 4. The minimum absolute atomic E-state index is 0.0317. The van der Waals surface area contributed by atoms with Crippen molar-refractivity contribution in [2.75, 3.05) is 39.6 Å². The van der Waals surface area contributed by atoms with Crippen molar-refractivity contribution in [3.05, 3.63) is 170 Å². The van der Waals surface area contributed by atoms with Crippen molar-refractivity contribution >= 4 is 39.5 Å². The molecule has 0 aliphatic rings. The third-order valence-electron chi connectivity index (χ3n) is 15.7. The molecule has 0 aromatic heterocycles.